The summed E-state index contributed by atoms with van der Waals surface area (Å²) in [6.45, 7) is 0.783. The highest BCUT2D eigenvalue weighted by molar-refractivity contribution is 7.99. The Morgan fingerprint density at radius 3 is 2.78 bits per heavy atom. The summed E-state index contributed by atoms with van der Waals surface area (Å²) in [5, 5.41) is 3.21. The van der Waals surface area contributed by atoms with Gasteiger partial charge in [-0.2, -0.15) is 0 Å². The molecule has 1 aromatic rings. The number of nitrogens with zero attached hydrogens (tertiary/aromatic N) is 1. The minimum atomic E-state index is 0. The number of benzene rings is 1. The van der Waals surface area contributed by atoms with Gasteiger partial charge in [0.1, 0.15) is 0 Å². The fraction of sp³-hybridized carbons (Fsp3) is 0.462. The van der Waals surface area contributed by atoms with Crippen molar-refractivity contribution in [3.8, 4) is 0 Å². The third-order valence-corrected chi connectivity index (χ3v) is 3.91. The fourth-order valence-corrected chi connectivity index (χ4v) is 2.80. The Morgan fingerprint density at radius 2 is 2.17 bits per heavy atom. The third-order valence-electron chi connectivity index (χ3n) is 2.97. The van der Waals surface area contributed by atoms with Crippen molar-refractivity contribution >= 4 is 30.1 Å². The Morgan fingerprint density at radius 1 is 1.44 bits per heavy atom. The molecular weight excluding hydrogens is 268 g/mol. The van der Waals surface area contributed by atoms with Gasteiger partial charge in [0, 0.05) is 25.2 Å². The molecule has 1 atom stereocenters. The molecular formula is C13H19ClN2OS. The number of carbonyl (C=O) groups is 1. The summed E-state index contributed by atoms with van der Waals surface area (Å²) in [6, 6.07) is 10.3. The first-order valence-corrected chi connectivity index (χ1v) is 7.03. The molecule has 1 unspecified atom stereocenters. The Kier molecular flexibility index (Phi) is 6.54. The summed E-state index contributed by atoms with van der Waals surface area (Å²) < 4.78 is 0. The molecule has 0 aromatic heterocycles. The minimum Gasteiger partial charge on any atom is -0.344 e. The predicted molar refractivity (Wildman–Crippen MR) is 79.3 cm³/mol. The topological polar surface area (TPSA) is 32.3 Å². The number of rotatable bonds is 4. The maximum Gasteiger partial charge on any atom is 0.240 e. The number of halogens is 1. The fourth-order valence-electron chi connectivity index (χ4n) is 1.87. The van der Waals surface area contributed by atoms with Crippen LogP contribution in [0, 0.1) is 0 Å². The van der Waals surface area contributed by atoms with E-state index in [1.165, 1.54) is 5.56 Å². The minimum absolute atomic E-state index is 0. The SMILES string of the molecule is CN(CCc1ccccc1)C(=O)C1CSCN1.Cl. The van der Waals surface area contributed by atoms with Gasteiger partial charge >= 0.3 is 0 Å². The predicted octanol–water partition coefficient (Wildman–Crippen LogP) is 1.77. The highest BCUT2D eigenvalue weighted by Gasteiger charge is 2.24. The zero-order valence-electron chi connectivity index (χ0n) is 10.5. The summed E-state index contributed by atoms with van der Waals surface area (Å²) in [4.78, 5) is 13.8. The van der Waals surface area contributed by atoms with Crippen molar-refractivity contribution in [3.63, 3.8) is 0 Å². The van der Waals surface area contributed by atoms with Crippen molar-refractivity contribution in [1.29, 1.82) is 0 Å². The van der Waals surface area contributed by atoms with Crippen molar-refractivity contribution in [1.82, 2.24) is 10.2 Å². The molecule has 18 heavy (non-hydrogen) atoms. The van der Waals surface area contributed by atoms with Crippen LogP contribution < -0.4 is 5.32 Å². The van der Waals surface area contributed by atoms with E-state index in [9.17, 15) is 4.79 Å². The number of hydrogen-bond donors (Lipinski definition) is 1. The molecule has 100 valence electrons. The van der Waals surface area contributed by atoms with Gasteiger partial charge in [-0.05, 0) is 12.0 Å². The monoisotopic (exact) mass is 286 g/mol. The molecule has 1 aliphatic rings. The molecule has 2 rings (SSSR count). The van der Waals surface area contributed by atoms with Crippen LogP contribution in [-0.4, -0.2) is 42.1 Å². The van der Waals surface area contributed by atoms with Gasteiger partial charge in [0.25, 0.3) is 0 Å². The second kappa shape index (κ2) is 7.67. The van der Waals surface area contributed by atoms with Crippen LogP contribution in [0.4, 0.5) is 0 Å². The molecule has 1 aliphatic heterocycles. The summed E-state index contributed by atoms with van der Waals surface area (Å²) in [6.07, 6.45) is 0.920. The first-order valence-electron chi connectivity index (χ1n) is 5.87. The maximum atomic E-state index is 12.0. The van der Waals surface area contributed by atoms with Crippen molar-refractivity contribution < 1.29 is 4.79 Å². The molecule has 1 heterocycles. The number of hydrogen-bond acceptors (Lipinski definition) is 3. The van der Waals surface area contributed by atoms with E-state index in [4.69, 9.17) is 0 Å². The Balaban J connectivity index is 0.00000162. The lowest BCUT2D eigenvalue weighted by Gasteiger charge is -2.20. The highest BCUT2D eigenvalue weighted by atomic mass is 35.5. The number of nitrogens with one attached hydrogen (secondary N) is 1. The van der Waals surface area contributed by atoms with Gasteiger partial charge in [-0.1, -0.05) is 30.3 Å². The molecule has 0 aliphatic carbocycles. The summed E-state index contributed by atoms with van der Waals surface area (Å²) in [7, 11) is 1.88. The lowest BCUT2D eigenvalue weighted by Crippen LogP contribution is -2.43. The molecule has 1 N–H and O–H groups in total. The van der Waals surface area contributed by atoms with Crippen LogP contribution in [0.25, 0.3) is 0 Å². The van der Waals surface area contributed by atoms with Gasteiger partial charge in [-0.15, -0.1) is 24.2 Å². The lowest BCUT2D eigenvalue weighted by atomic mass is 10.1. The van der Waals surface area contributed by atoms with Crippen molar-refractivity contribution in [2.75, 3.05) is 25.2 Å². The highest BCUT2D eigenvalue weighted by Crippen LogP contribution is 2.11. The second-order valence-corrected chi connectivity index (χ2v) is 5.30. The van der Waals surface area contributed by atoms with Crippen LogP contribution in [0.2, 0.25) is 0 Å². The van der Waals surface area contributed by atoms with E-state index >= 15 is 0 Å². The molecule has 1 aromatic carbocycles. The van der Waals surface area contributed by atoms with Gasteiger partial charge in [-0.25, -0.2) is 0 Å². The smallest absolute Gasteiger partial charge is 0.240 e. The van der Waals surface area contributed by atoms with Crippen LogP contribution in [0.3, 0.4) is 0 Å². The lowest BCUT2D eigenvalue weighted by molar-refractivity contribution is -0.131. The van der Waals surface area contributed by atoms with Gasteiger partial charge < -0.3 is 4.90 Å². The first-order chi connectivity index (χ1) is 8.27. The quantitative estimate of drug-likeness (QED) is 0.916. The first kappa shape index (κ1) is 15.3. The van der Waals surface area contributed by atoms with E-state index in [0.717, 1.165) is 24.6 Å². The van der Waals surface area contributed by atoms with E-state index in [-0.39, 0.29) is 24.4 Å². The van der Waals surface area contributed by atoms with Gasteiger partial charge in [0.15, 0.2) is 0 Å². The molecule has 5 heteroatoms. The van der Waals surface area contributed by atoms with Gasteiger partial charge in [-0.3, -0.25) is 10.1 Å². The Hall–Kier alpha value is -0.710. The van der Waals surface area contributed by atoms with Crippen LogP contribution in [0.1, 0.15) is 5.56 Å². The second-order valence-electron chi connectivity index (χ2n) is 4.27. The molecule has 1 amide bonds. The van der Waals surface area contributed by atoms with E-state index < -0.39 is 0 Å². The van der Waals surface area contributed by atoms with E-state index in [1.807, 2.05) is 30.1 Å². The van der Waals surface area contributed by atoms with Crippen LogP contribution in [0.5, 0.6) is 0 Å². The normalized spacial score (nSPS) is 18.2. The molecule has 3 nitrogen and oxygen atoms in total. The van der Waals surface area contributed by atoms with Crippen LogP contribution in [-0.2, 0) is 11.2 Å². The van der Waals surface area contributed by atoms with E-state index in [2.05, 4.69) is 17.4 Å². The molecule has 0 radical (unpaired) electrons. The van der Waals surface area contributed by atoms with E-state index in [0.29, 0.717) is 0 Å². The Labute approximate surface area is 119 Å². The largest absolute Gasteiger partial charge is 0.344 e. The maximum absolute atomic E-state index is 12.0. The van der Waals surface area contributed by atoms with Gasteiger partial charge in [0.2, 0.25) is 5.91 Å². The number of amides is 1. The Bertz CT molecular complexity index is 369. The zero-order valence-corrected chi connectivity index (χ0v) is 12.1. The number of likely N-dealkylation sites (N-methyl/N-ethyl adjacent to an activating group) is 1. The molecule has 0 bridgehead atoms. The zero-order chi connectivity index (χ0) is 12.1. The standard InChI is InChI=1S/C13H18N2OS.ClH/c1-15(13(16)12-9-17-10-14-12)8-7-11-5-3-2-4-6-11;/h2-6,12,14H,7-10H2,1H3;1H. The molecule has 0 spiro atoms. The number of thioether (sulfide) groups is 1. The average Bonchev–Trinajstić information content (AvgIpc) is 2.90. The molecule has 1 fully saturated rings. The molecule has 1 saturated heterocycles. The summed E-state index contributed by atoms with van der Waals surface area (Å²) in [5.74, 6) is 2.00. The van der Waals surface area contributed by atoms with Gasteiger partial charge in [0.05, 0.1) is 6.04 Å². The van der Waals surface area contributed by atoms with Crippen molar-refractivity contribution in [2.45, 2.75) is 12.5 Å². The van der Waals surface area contributed by atoms with Crippen LogP contribution >= 0.6 is 24.2 Å². The van der Waals surface area contributed by atoms with Crippen molar-refractivity contribution in [2.24, 2.45) is 0 Å². The summed E-state index contributed by atoms with van der Waals surface area (Å²) in [5.41, 5.74) is 1.28. The third kappa shape index (κ3) is 4.19. The average molecular weight is 287 g/mol. The number of carbonyl (C=O) groups excluding carboxylic acids is 1. The summed E-state index contributed by atoms with van der Waals surface area (Å²) >= 11 is 1.78. The van der Waals surface area contributed by atoms with Crippen LogP contribution in [0.15, 0.2) is 30.3 Å². The van der Waals surface area contributed by atoms with E-state index in [1.54, 1.807) is 11.8 Å². The molecule has 0 saturated carbocycles. The van der Waals surface area contributed by atoms with Crippen molar-refractivity contribution in [3.05, 3.63) is 35.9 Å².